The minimum Gasteiger partial charge on any atom is -0.480 e. The molecular formula is C76H137N7O20. The number of carbonyl (C=O) groups is 12. The fourth-order valence-corrected chi connectivity index (χ4v) is 9.16. The van der Waals surface area contributed by atoms with E-state index in [1.165, 1.54) is 5.56 Å². The summed E-state index contributed by atoms with van der Waals surface area (Å²) in [6.45, 7) is 14.5. The molecule has 0 fully saturated rings. The summed E-state index contributed by atoms with van der Waals surface area (Å²) in [7, 11) is 0. The van der Waals surface area contributed by atoms with Gasteiger partial charge in [-0.25, -0.2) is 0 Å². The fourth-order valence-electron chi connectivity index (χ4n) is 9.16. The first-order valence-corrected chi connectivity index (χ1v) is 37.5. The Morgan fingerprint density at radius 3 is 0.913 bits per heavy atom. The zero-order valence-corrected chi connectivity index (χ0v) is 63.2. The Morgan fingerprint density at radius 2 is 0.621 bits per heavy atom. The van der Waals surface area contributed by atoms with E-state index in [9.17, 15) is 57.5 Å². The van der Waals surface area contributed by atoms with Gasteiger partial charge in [0.05, 0.1) is 12.6 Å². The summed E-state index contributed by atoms with van der Waals surface area (Å²) in [5.74, 6) is -5.15. The minimum absolute atomic E-state index is 0.106. The molecule has 0 bridgehead atoms. The summed E-state index contributed by atoms with van der Waals surface area (Å²) in [6, 6.07) is 2.86. The van der Waals surface area contributed by atoms with Crippen LogP contribution in [0.5, 0.6) is 0 Å². The maximum atomic E-state index is 11.5. The number of hydrogen-bond donors (Lipinski definition) is 13. The van der Waals surface area contributed by atoms with Crippen molar-refractivity contribution in [2.24, 2.45) is 40.1 Å². The quantitative estimate of drug-likeness (QED) is 0.0164. The van der Waals surface area contributed by atoms with Crippen LogP contribution in [0.1, 0.15) is 308 Å². The first-order chi connectivity index (χ1) is 48.8. The lowest BCUT2D eigenvalue weighted by molar-refractivity contribution is -0.145. The van der Waals surface area contributed by atoms with Crippen LogP contribution in [0.15, 0.2) is 36.9 Å². The maximum absolute atomic E-state index is 11.5. The van der Waals surface area contributed by atoms with Gasteiger partial charge in [0.25, 0.3) is 0 Å². The molecule has 1 rings (SSSR count). The Morgan fingerprint density at radius 1 is 0.340 bits per heavy atom. The number of carboxylic acid groups (broad SMARTS) is 6. The highest BCUT2D eigenvalue weighted by molar-refractivity contribution is 5.83. The summed E-state index contributed by atoms with van der Waals surface area (Å²) in [5, 5.41) is 51.4. The van der Waals surface area contributed by atoms with Gasteiger partial charge in [0, 0.05) is 57.8 Å². The van der Waals surface area contributed by atoms with Crippen molar-refractivity contribution in [3.05, 3.63) is 48.0 Å². The molecule has 0 amide bonds. The van der Waals surface area contributed by atoms with Gasteiger partial charge in [-0.05, 0) is 122 Å². The standard InChI is InChI=1S/C16H23NO4.C12H24N2O3.C12H23NO4.2C12H23NO3.C12H21NO3/c1-12-7-9-13(10-8-12)11-21-15(18)6-4-2-3-5-14(17)16(19)20;1-2-6-9(13)11(15)8-5-3-4-7-10(14)12(16)17;1-2-3-9-17-11(14)8-6-4-5-7-10(13)12(15)16;3*1-2-3-7-10(14)8-5-4-6-9-11(13)12(15)16/h7-10,14H,2-6,11,17H2,1H3,(H,19,20);9-10H,2-8,13-14H2,1H3,(H,16,17);10H,2-9,13H2,1H3,(H,15,16);2*11H,2-9,13H2,1H3,(H,15,16);2,11H,1,3-9,13H2,(H,15,16)/t14-;9-,10-;10-;3*11-/m000000/s1. The van der Waals surface area contributed by atoms with Gasteiger partial charge in [0.1, 0.15) is 66.0 Å². The van der Waals surface area contributed by atoms with Crippen molar-refractivity contribution in [1.29, 1.82) is 0 Å². The Labute approximate surface area is 614 Å². The molecule has 0 saturated carbocycles. The predicted octanol–water partition coefficient (Wildman–Crippen LogP) is 11.2. The van der Waals surface area contributed by atoms with Crippen molar-refractivity contribution < 1.29 is 97.6 Å². The molecule has 7 atom stereocenters. The number of ether oxygens (including phenoxy) is 2. The molecule has 0 aliphatic heterocycles. The first kappa shape index (κ1) is 105. The third-order valence-corrected chi connectivity index (χ3v) is 16.1. The summed E-state index contributed by atoms with van der Waals surface area (Å²) in [6.07, 6.45) is 32.3. The molecule has 0 heterocycles. The smallest absolute Gasteiger partial charge is 0.320 e. The summed E-state index contributed by atoms with van der Waals surface area (Å²) >= 11 is 0. The number of carboxylic acids is 6. The lowest BCUT2D eigenvalue weighted by atomic mass is 10.0. The number of aryl methyl sites for hydroxylation is 1. The molecular weight excluding hydrogens is 1330 g/mol. The van der Waals surface area contributed by atoms with Gasteiger partial charge in [-0.3, -0.25) is 57.5 Å². The Hall–Kier alpha value is -6.88. The number of ketones is 4. The highest BCUT2D eigenvalue weighted by Gasteiger charge is 2.17. The van der Waals surface area contributed by atoms with Gasteiger partial charge in [0.15, 0.2) is 0 Å². The number of allylic oxidation sites excluding steroid dienone is 1. The van der Waals surface area contributed by atoms with Crippen LogP contribution >= 0.6 is 0 Å². The highest BCUT2D eigenvalue weighted by atomic mass is 16.5. The van der Waals surface area contributed by atoms with E-state index in [1.54, 1.807) is 6.08 Å². The highest BCUT2D eigenvalue weighted by Crippen LogP contribution is 2.14. The molecule has 0 radical (unpaired) electrons. The van der Waals surface area contributed by atoms with E-state index >= 15 is 0 Å². The van der Waals surface area contributed by atoms with Crippen LogP contribution in [0.25, 0.3) is 0 Å². The molecule has 0 aliphatic carbocycles. The van der Waals surface area contributed by atoms with Crippen LogP contribution in [0.2, 0.25) is 0 Å². The van der Waals surface area contributed by atoms with E-state index in [4.69, 9.17) is 80.2 Å². The van der Waals surface area contributed by atoms with Crippen LogP contribution in [0, 0.1) is 6.92 Å². The molecule has 27 nitrogen and oxygen atoms in total. The van der Waals surface area contributed by atoms with Gasteiger partial charge in [-0.2, -0.15) is 0 Å². The van der Waals surface area contributed by atoms with Gasteiger partial charge >= 0.3 is 47.8 Å². The van der Waals surface area contributed by atoms with E-state index in [2.05, 4.69) is 20.4 Å². The number of rotatable bonds is 59. The van der Waals surface area contributed by atoms with Crippen LogP contribution < -0.4 is 40.1 Å². The van der Waals surface area contributed by atoms with E-state index in [-0.39, 0.29) is 29.5 Å². The van der Waals surface area contributed by atoms with Gasteiger partial charge in [0.2, 0.25) is 0 Å². The SMILES string of the molecule is C=CCCC(=O)CCCCC[C@H](N)C(=O)O.CCCCC(=O)CCCCC[C@H](N)C(=O)O.CCCCC(=O)CCCCC[C@H](N)C(=O)O.CCCCOC(=O)CCCCC[C@H](N)C(=O)O.CCC[C@H](N)C(=O)CCCCC[C@H](N)C(=O)O.Cc1ccc(COC(=O)CCCCC[C@H](N)C(=O)O)cc1. The van der Waals surface area contributed by atoms with Crippen molar-refractivity contribution in [2.75, 3.05) is 6.61 Å². The predicted molar refractivity (Wildman–Crippen MR) is 400 cm³/mol. The number of unbranched alkanes of at least 4 members (excludes halogenated alkanes) is 15. The molecule has 0 saturated heterocycles. The van der Waals surface area contributed by atoms with E-state index in [0.29, 0.717) is 134 Å². The topological polar surface area (TPSA) is 527 Å². The van der Waals surface area contributed by atoms with Crippen molar-refractivity contribution in [3.63, 3.8) is 0 Å². The van der Waals surface area contributed by atoms with Crippen molar-refractivity contribution in [2.45, 2.75) is 353 Å². The molecule has 20 N–H and O–H groups in total. The third-order valence-electron chi connectivity index (χ3n) is 16.1. The number of aliphatic carboxylic acids is 6. The molecule has 0 spiro atoms. The number of Topliss-reactive ketones (excluding diaryl/α,β-unsaturated/α-hetero) is 4. The fraction of sp³-hybridized carbons (Fsp3) is 0.737. The second-order valence-electron chi connectivity index (χ2n) is 26.0. The number of benzene rings is 1. The zero-order chi connectivity index (χ0) is 79.2. The third kappa shape index (κ3) is 76.1. The Kier molecular flexibility index (Phi) is 74.7. The maximum Gasteiger partial charge on any atom is 0.320 e. The number of nitrogens with two attached hydrogens (primary N) is 7. The zero-order valence-electron chi connectivity index (χ0n) is 63.2. The molecule has 596 valence electrons. The van der Waals surface area contributed by atoms with Crippen molar-refractivity contribution in [1.82, 2.24) is 0 Å². The van der Waals surface area contributed by atoms with E-state index in [0.717, 1.165) is 166 Å². The molecule has 27 heteroatoms. The van der Waals surface area contributed by atoms with Crippen LogP contribution in [-0.2, 0) is 73.6 Å². The summed E-state index contributed by atoms with van der Waals surface area (Å²) < 4.78 is 10.2. The van der Waals surface area contributed by atoms with Crippen LogP contribution in [-0.4, -0.2) is 150 Å². The summed E-state index contributed by atoms with van der Waals surface area (Å²) in [4.78, 5) is 131. The largest absolute Gasteiger partial charge is 0.480 e. The monoisotopic (exact) mass is 1470 g/mol. The van der Waals surface area contributed by atoms with E-state index < -0.39 is 72.1 Å². The van der Waals surface area contributed by atoms with Crippen LogP contribution in [0.3, 0.4) is 0 Å². The lowest BCUT2D eigenvalue weighted by Gasteiger charge is -2.09. The molecule has 1 aromatic carbocycles. The first-order valence-electron chi connectivity index (χ1n) is 37.5. The van der Waals surface area contributed by atoms with Crippen molar-refractivity contribution >= 4 is 70.9 Å². The number of esters is 2. The van der Waals surface area contributed by atoms with Gasteiger partial charge in [-0.1, -0.05) is 166 Å². The minimum atomic E-state index is -0.979. The number of hydrogen-bond acceptors (Lipinski definition) is 21. The molecule has 0 aromatic heterocycles. The van der Waals surface area contributed by atoms with Gasteiger partial charge in [-0.15, -0.1) is 6.58 Å². The molecule has 103 heavy (non-hydrogen) atoms. The molecule has 0 aliphatic rings. The average Bonchev–Trinajstić information content (AvgIpc) is 0.940. The number of carbonyl (C=O) groups excluding carboxylic acids is 6. The normalized spacial score (nSPS) is 12.5. The van der Waals surface area contributed by atoms with Crippen molar-refractivity contribution in [3.8, 4) is 0 Å². The Bertz CT molecular complexity index is 2390. The van der Waals surface area contributed by atoms with E-state index in [1.807, 2.05) is 45.0 Å². The summed E-state index contributed by atoms with van der Waals surface area (Å²) in [5.41, 5.74) is 40.0. The second kappa shape index (κ2) is 73.4. The Balaban J connectivity index is -0.000000374. The molecule has 1 aromatic rings. The average molecular weight is 1470 g/mol. The molecule has 0 unspecified atom stereocenters. The van der Waals surface area contributed by atoms with Crippen LogP contribution in [0.4, 0.5) is 0 Å². The second-order valence-corrected chi connectivity index (χ2v) is 26.0. The lowest BCUT2D eigenvalue weighted by Crippen LogP contribution is -2.30. The van der Waals surface area contributed by atoms with Gasteiger partial charge < -0.3 is 80.2 Å².